The van der Waals surface area contributed by atoms with E-state index in [9.17, 15) is 19.7 Å². The Morgan fingerprint density at radius 2 is 2.09 bits per heavy atom. The molecule has 3 aromatic rings. The van der Waals surface area contributed by atoms with Crippen molar-refractivity contribution in [2.24, 2.45) is 5.92 Å². The Hall–Kier alpha value is -3.53. The van der Waals surface area contributed by atoms with Gasteiger partial charge in [0.2, 0.25) is 0 Å². The van der Waals surface area contributed by atoms with E-state index in [-0.39, 0.29) is 11.3 Å². The summed E-state index contributed by atoms with van der Waals surface area (Å²) in [5, 5.41) is 14.7. The molecule has 2 aromatic carbocycles. The Balaban J connectivity index is 1.41. The van der Waals surface area contributed by atoms with Gasteiger partial charge in [0.15, 0.2) is 11.7 Å². The number of anilines is 2. The summed E-state index contributed by atoms with van der Waals surface area (Å²) in [6.07, 6.45) is 2.05. The number of ether oxygens (including phenoxy) is 1. The molecule has 0 spiro atoms. The molecule has 34 heavy (non-hydrogen) atoms. The van der Waals surface area contributed by atoms with Crippen LogP contribution in [0.25, 0.3) is 10.2 Å². The van der Waals surface area contributed by atoms with Gasteiger partial charge in [0.25, 0.3) is 11.6 Å². The van der Waals surface area contributed by atoms with Crippen LogP contribution in [0, 0.1) is 29.9 Å². The minimum atomic E-state index is -0.799. The van der Waals surface area contributed by atoms with Crippen molar-refractivity contribution in [2.75, 3.05) is 29.9 Å². The second-order valence-electron chi connectivity index (χ2n) is 8.73. The van der Waals surface area contributed by atoms with E-state index in [0.717, 1.165) is 47.3 Å². The number of hydrogen-bond donors (Lipinski definition) is 1. The molecule has 1 N–H and O–H groups in total. The highest BCUT2D eigenvalue weighted by molar-refractivity contribution is 7.22. The number of fused-ring (bicyclic) bond motifs is 1. The maximum atomic E-state index is 12.5. The summed E-state index contributed by atoms with van der Waals surface area (Å²) in [5.74, 6) is -0.886. The molecule has 1 saturated heterocycles. The highest BCUT2D eigenvalue weighted by Crippen LogP contribution is 2.33. The lowest BCUT2D eigenvalue weighted by molar-refractivity contribution is -0.384. The van der Waals surface area contributed by atoms with Crippen LogP contribution in [0.2, 0.25) is 0 Å². The first kappa shape index (κ1) is 23.6. The normalized spacial score (nSPS) is 15.9. The smallest absolute Gasteiger partial charge is 0.338 e. The Kier molecular flexibility index (Phi) is 6.78. The number of carbonyl (C=O) groups is 2. The molecule has 1 atom stereocenters. The number of nitro groups is 1. The van der Waals surface area contributed by atoms with E-state index in [1.807, 2.05) is 30.9 Å². The fraction of sp³-hybridized carbons (Fsp3) is 0.375. The van der Waals surface area contributed by atoms with E-state index in [4.69, 9.17) is 4.74 Å². The lowest BCUT2D eigenvalue weighted by Gasteiger charge is -2.32. The number of rotatable bonds is 6. The summed E-state index contributed by atoms with van der Waals surface area (Å²) in [5.41, 5.74) is 3.32. The van der Waals surface area contributed by atoms with Gasteiger partial charge in [-0.3, -0.25) is 20.2 Å². The number of nitrogens with zero attached hydrogens (tertiary/aromatic N) is 3. The van der Waals surface area contributed by atoms with Gasteiger partial charge in [-0.2, -0.15) is 0 Å². The highest BCUT2D eigenvalue weighted by Gasteiger charge is 2.25. The number of nitrogens with one attached hydrogen (secondary N) is 1. The third-order valence-corrected chi connectivity index (χ3v) is 6.73. The minimum Gasteiger partial charge on any atom is -0.452 e. The second-order valence-corrected chi connectivity index (χ2v) is 9.76. The molecular weight excluding hydrogens is 456 g/mol. The molecule has 9 nitrogen and oxygen atoms in total. The molecule has 2 heterocycles. The van der Waals surface area contributed by atoms with Gasteiger partial charge in [0, 0.05) is 19.2 Å². The van der Waals surface area contributed by atoms with E-state index in [1.165, 1.54) is 23.5 Å². The number of amides is 1. The molecule has 0 aliphatic carbocycles. The molecule has 1 aromatic heterocycles. The summed E-state index contributed by atoms with van der Waals surface area (Å²) in [7, 11) is 0. The Morgan fingerprint density at radius 3 is 2.82 bits per heavy atom. The molecule has 178 valence electrons. The van der Waals surface area contributed by atoms with Crippen LogP contribution in [0.3, 0.4) is 0 Å². The number of hydrogen-bond acceptors (Lipinski definition) is 8. The minimum absolute atomic E-state index is 0.0272. The van der Waals surface area contributed by atoms with Crippen LogP contribution in [0.4, 0.5) is 16.5 Å². The van der Waals surface area contributed by atoms with Gasteiger partial charge in [-0.25, -0.2) is 9.78 Å². The lowest BCUT2D eigenvalue weighted by atomic mass is 9.99. The SMILES string of the molecule is Cc1cc(C)c2nc(NC(=O)COC(=O)c3ccc(N4CCCC(C)C4)c([N+](=O)[O-])c3)sc2c1. The summed E-state index contributed by atoms with van der Waals surface area (Å²) >= 11 is 1.34. The molecule has 1 amide bonds. The number of aryl methyl sites for hydroxylation is 2. The van der Waals surface area contributed by atoms with Gasteiger partial charge in [-0.15, -0.1) is 0 Å². The first-order chi connectivity index (χ1) is 16.2. The van der Waals surface area contributed by atoms with Gasteiger partial charge >= 0.3 is 5.97 Å². The Morgan fingerprint density at radius 1 is 1.29 bits per heavy atom. The summed E-state index contributed by atoms with van der Waals surface area (Å²) in [6, 6.07) is 8.31. The molecular formula is C24H26N4O5S. The van der Waals surface area contributed by atoms with Crippen molar-refractivity contribution in [3.63, 3.8) is 0 Å². The van der Waals surface area contributed by atoms with E-state index in [1.54, 1.807) is 6.07 Å². The summed E-state index contributed by atoms with van der Waals surface area (Å²) < 4.78 is 6.06. The number of aromatic nitrogens is 1. The molecule has 1 fully saturated rings. The zero-order chi connectivity index (χ0) is 24.4. The van der Waals surface area contributed by atoms with Crippen molar-refractivity contribution in [2.45, 2.75) is 33.6 Å². The largest absolute Gasteiger partial charge is 0.452 e. The van der Waals surface area contributed by atoms with Crippen LogP contribution in [0.1, 0.15) is 41.3 Å². The number of piperidine rings is 1. The third-order valence-electron chi connectivity index (χ3n) is 5.82. The van der Waals surface area contributed by atoms with Crippen LogP contribution in [0.15, 0.2) is 30.3 Å². The van der Waals surface area contributed by atoms with Crippen molar-refractivity contribution in [3.05, 3.63) is 57.1 Å². The predicted molar refractivity (Wildman–Crippen MR) is 132 cm³/mol. The predicted octanol–water partition coefficient (Wildman–Crippen LogP) is 4.85. The number of thiazole rings is 1. The third kappa shape index (κ3) is 5.17. The monoisotopic (exact) mass is 482 g/mol. The number of carbonyl (C=O) groups excluding carboxylic acids is 2. The van der Waals surface area contributed by atoms with E-state index in [2.05, 4.69) is 17.2 Å². The van der Waals surface area contributed by atoms with Crippen LogP contribution in [0.5, 0.6) is 0 Å². The molecule has 1 aliphatic rings. The fourth-order valence-corrected chi connectivity index (χ4v) is 5.32. The molecule has 0 radical (unpaired) electrons. The summed E-state index contributed by atoms with van der Waals surface area (Å²) in [6.45, 7) is 7.01. The van der Waals surface area contributed by atoms with E-state index in [0.29, 0.717) is 16.7 Å². The lowest BCUT2D eigenvalue weighted by Crippen LogP contribution is -2.34. The molecule has 1 aliphatic heterocycles. The van der Waals surface area contributed by atoms with Crippen LogP contribution >= 0.6 is 11.3 Å². The van der Waals surface area contributed by atoms with Gasteiger partial charge in [-0.05, 0) is 61.9 Å². The van der Waals surface area contributed by atoms with Crippen LogP contribution < -0.4 is 10.2 Å². The summed E-state index contributed by atoms with van der Waals surface area (Å²) in [4.78, 5) is 42.4. The second kappa shape index (κ2) is 9.76. The Labute approximate surface area is 200 Å². The molecule has 1 unspecified atom stereocenters. The molecule has 10 heteroatoms. The number of benzene rings is 2. The van der Waals surface area contributed by atoms with Crippen LogP contribution in [-0.4, -0.2) is 41.5 Å². The Bertz CT molecular complexity index is 1270. The maximum Gasteiger partial charge on any atom is 0.338 e. The average molecular weight is 483 g/mol. The van der Waals surface area contributed by atoms with Gasteiger partial charge in [-0.1, -0.05) is 24.3 Å². The van der Waals surface area contributed by atoms with Crippen molar-refractivity contribution < 1.29 is 19.2 Å². The van der Waals surface area contributed by atoms with Gasteiger partial charge < -0.3 is 9.64 Å². The molecule has 4 rings (SSSR count). The van der Waals surface area contributed by atoms with Crippen molar-refractivity contribution >= 4 is 49.9 Å². The van der Waals surface area contributed by atoms with Gasteiger partial charge in [0.1, 0.15) is 5.69 Å². The standard InChI is InChI=1S/C24H26N4O5S/c1-14-5-4-8-27(12-14)18-7-6-17(11-19(18)28(31)32)23(30)33-13-21(29)25-24-26-22-16(3)9-15(2)10-20(22)34-24/h6-7,9-11,14H,4-5,8,12-13H2,1-3H3,(H,25,26,29). The first-order valence-electron chi connectivity index (χ1n) is 11.1. The van der Waals surface area contributed by atoms with Crippen molar-refractivity contribution in [3.8, 4) is 0 Å². The zero-order valence-electron chi connectivity index (χ0n) is 19.3. The van der Waals surface area contributed by atoms with Crippen molar-refractivity contribution in [1.29, 1.82) is 0 Å². The number of esters is 1. The maximum absolute atomic E-state index is 12.5. The first-order valence-corrected chi connectivity index (χ1v) is 11.9. The quantitative estimate of drug-likeness (QED) is 0.303. The topological polar surface area (TPSA) is 115 Å². The van der Waals surface area contributed by atoms with Gasteiger partial charge in [0.05, 0.1) is 20.7 Å². The molecule has 0 bridgehead atoms. The van der Waals surface area contributed by atoms with E-state index >= 15 is 0 Å². The number of nitro benzene ring substituents is 1. The van der Waals surface area contributed by atoms with E-state index < -0.39 is 23.4 Å². The molecule has 0 saturated carbocycles. The fourth-order valence-electron chi connectivity index (χ4n) is 4.27. The van der Waals surface area contributed by atoms with Crippen LogP contribution in [-0.2, 0) is 9.53 Å². The highest BCUT2D eigenvalue weighted by atomic mass is 32.1. The average Bonchev–Trinajstić information content (AvgIpc) is 3.19. The van der Waals surface area contributed by atoms with Crippen molar-refractivity contribution in [1.82, 2.24) is 4.98 Å². The zero-order valence-corrected chi connectivity index (χ0v) is 20.1.